The van der Waals surface area contributed by atoms with Crippen LogP contribution in [-0.2, 0) is 20.7 Å². The number of benzene rings is 1. The van der Waals surface area contributed by atoms with Crippen LogP contribution in [0.2, 0.25) is 0 Å². The molecule has 1 aliphatic rings. The molecule has 0 spiro atoms. The summed E-state index contributed by atoms with van der Waals surface area (Å²) in [4.78, 5) is 24.8. The number of phenols is 1. The first kappa shape index (κ1) is 22.2. The Balaban J connectivity index is 2.04. The molecule has 0 heterocycles. The topological polar surface area (TPSA) is 95.9 Å². The van der Waals surface area contributed by atoms with Gasteiger partial charge in [0.25, 0.3) is 0 Å². The zero-order chi connectivity index (χ0) is 20.7. The molecule has 6 nitrogen and oxygen atoms in total. The summed E-state index contributed by atoms with van der Waals surface area (Å²) < 4.78 is 4.93. The van der Waals surface area contributed by atoms with Crippen LogP contribution in [0.1, 0.15) is 52.0 Å². The predicted octanol–water partition coefficient (Wildman–Crippen LogP) is 2.81. The van der Waals surface area contributed by atoms with E-state index >= 15 is 0 Å². The van der Waals surface area contributed by atoms with Gasteiger partial charge in [-0.15, -0.1) is 0 Å². The number of ether oxygens (including phenoxy) is 1. The molecule has 1 fully saturated rings. The molecule has 1 aromatic rings. The quantitative estimate of drug-likeness (QED) is 0.592. The van der Waals surface area contributed by atoms with Crippen molar-refractivity contribution >= 4 is 11.9 Å². The van der Waals surface area contributed by atoms with Gasteiger partial charge in [-0.2, -0.15) is 0 Å². The first-order valence-corrected chi connectivity index (χ1v) is 10.2. The Morgan fingerprint density at radius 1 is 1.14 bits per heavy atom. The van der Waals surface area contributed by atoms with Gasteiger partial charge in [-0.3, -0.25) is 4.79 Å². The zero-order valence-corrected chi connectivity index (χ0v) is 17.1. The lowest BCUT2D eigenvalue weighted by Gasteiger charge is -2.31. The minimum atomic E-state index is -1.44. The van der Waals surface area contributed by atoms with Gasteiger partial charge in [0.1, 0.15) is 5.75 Å². The standard InChI is InChI=1S/C22H33NO5/c1-4-28-22(27)20(25)19(13-15-5-11-18(24)12-6-15)23-21(26)17-9-7-16(8-10-17)14(2)3/h5-6,11-12,14,16-17,19-20,24-25H,4,7-10,13H2,1-3H3,(H,23,26)/t16?,17?,19-,20?/m0/s1. The minimum Gasteiger partial charge on any atom is -0.508 e. The van der Waals surface area contributed by atoms with E-state index in [0.717, 1.165) is 31.2 Å². The highest BCUT2D eigenvalue weighted by atomic mass is 16.5. The van der Waals surface area contributed by atoms with E-state index in [1.165, 1.54) is 12.1 Å². The van der Waals surface area contributed by atoms with E-state index in [4.69, 9.17) is 4.74 Å². The molecule has 1 amide bonds. The highest BCUT2D eigenvalue weighted by Gasteiger charge is 2.33. The Bertz CT molecular complexity index is 635. The Labute approximate surface area is 167 Å². The van der Waals surface area contributed by atoms with E-state index in [2.05, 4.69) is 19.2 Å². The van der Waals surface area contributed by atoms with Gasteiger partial charge in [-0.05, 0) is 68.6 Å². The van der Waals surface area contributed by atoms with Gasteiger partial charge in [0, 0.05) is 5.92 Å². The van der Waals surface area contributed by atoms with Gasteiger partial charge in [-0.1, -0.05) is 26.0 Å². The molecule has 1 saturated carbocycles. The summed E-state index contributed by atoms with van der Waals surface area (Å²) in [6.45, 7) is 6.27. The normalized spacial score (nSPS) is 21.8. The molecule has 0 radical (unpaired) electrons. The van der Waals surface area contributed by atoms with E-state index in [9.17, 15) is 19.8 Å². The fourth-order valence-electron chi connectivity index (χ4n) is 3.87. The smallest absolute Gasteiger partial charge is 0.337 e. The van der Waals surface area contributed by atoms with Gasteiger partial charge in [-0.25, -0.2) is 4.79 Å². The number of rotatable bonds is 8. The van der Waals surface area contributed by atoms with Crippen LogP contribution in [0.5, 0.6) is 5.75 Å². The summed E-state index contributed by atoms with van der Waals surface area (Å²) in [5, 5.41) is 22.8. The number of hydrogen-bond acceptors (Lipinski definition) is 5. The fourth-order valence-corrected chi connectivity index (χ4v) is 3.87. The molecule has 2 atom stereocenters. The monoisotopic (exact) mass is 391 g/mol. The maximum Gasteiger partial charge on any atom is 0.337 e. The number of aromatic hydroxyl groups is 1. The fraction of sp³-hybridized carbons (Fsp3) is 0.636. The third kappa shape index (κ3) is 6.23. The second-order valence-corrected chi connectivity index (χ2v) is 8.04. The number of aliphatic hydroxyl groups is 1. The summed E-state index contributed by atoms with van der Waals surface area (Å²) in [7, 11) is 0. The molecule has 1 aromatic carbocycles. The Kier molecular flexibility index (Phi) is 8.30. The first-order chi connectivity index (χ1) is 13.3. The van der Waals surface area contributed by atoms with E-state index in [1.54, 1.807) is 19.1 Å². The van der Waals surface area contributed by atoms with Crippen molar-refractivity contribution < 1.29 is 24.5 Å². The SMILES string of the molecule is CCOC(=O)C(O)[C@H](Cc1ccc(O)cc1)NC(=O)C1CCC(C(C)C)CC1. The van der Waals surface area contributed by atoms with E-state index in [0.29, 0.717) is 11.8 Å². The van der Waals surface area contributed by atoms with Gasteiger partial charge >= 0.3 is 5.97 Å². The lowest BCUT2D eigenvalue weighted by molar-refractivity contribution is -0.155. The van der Waals surface area contributed by atoms with E-state index in [-0.39, 0.29) is 30.6 Å². The highest BCUT2D eigenvalue weighted by molar-refractivity contribution is 5.81. The summed E-state index contributed by atoms with van der Waals surface area (Å²) in [6.07, 6.45) is 2.54. The molecule has 0 aromatic heterocycles. The molecule has 0 bridgehead atoms. The first-order valence-electron chi connectivity index (χ1n) is 10.2. The summed E-state index contributed by atoms with van der Waals surface area (Å²) in [5.74, 6) is 0.465. The molecular weight excluding hydrogens is 358 g/mol. The van der Waals surface area contributed by atoms with E-state index in [1.807, 2.05) is 0 Å². The van der Waals surface area contributed by atoms with Crippen molar-refractivity contribution in [3.8, 4) is 5.75 Å². The van der Waals surface area contributed by atoms with Gasteiger partial charge < -0.3 is 20.3 Å². The van der Waals surface area contributed by atoms with Crippen molar-refractivity contribution in [2.45, 2.75) is 65.0 Å². The van der Waals surface area contributed by atoms with Crippen molar-refractivity contribution in [1.82, 2.24) is 5.32 Å². The van der Waals surface area contributed by atoms with Crippen molar-refractivity contribution in [1.29, 1.82) is 0 Å². The second-order valence-electron chi connectivity index (χ2n) is 8.04. The van der Waals surface area contributed by atoms with Crippen LogP contribution in [0.3, 0.4) is 0 Å². The molecule has 6 heteroatoms. The number of hydrogen-bond donors (Lipinski definition) is 3. The maximum absolute atomic E-state index is 12.8. The molecule has 1 unspecified atom stereocenters. The molecule has 156 valence electrons. The summed E-state index contributed by atoms with van der Waals surface area (Å²) in [5.41, 5.74) is 0.801. The Morgan fingerprint density at radius 2 is 1.75 bits per heavy atom. The molecule has 0 aliphatic heterocycles. The lowest BCUT2D eigenvalue weighted by atomic mass is 9.76. The Hall–Kier alpha value is -2.08. The molecule has 2 rings (SSSR count). The average molecular weight is 392 g/mol. The van der Waals surface area contributed by atoms with E-state index < -0.39 is 18.1 Å². The number of esters is 1. The van der Waals surface area contributed by atoms with Gasteiger partial charge in [0.15, 0.2) is 6.10 Å². The number of carbonyl (C=O) groups excluding carboxylic acids is 2. The zero-order valence-electron chi connectivity index (χ0n) is 17.1. The van der Waals surface area contributed by atoms with Crippen molar-refractivity contribution in [2.75, 3.05) is 6.61 Å². The van der Waals surface area contributed by atoms with Crippen LogP contribution in [-0.4, -0.2) is 40.8 Å². The number of carbonyl (C=O) groups is 2. The third-order valence-electron chi connectivity index (χ3n) is 5.71. The van der Waals surface area contributed by atoms with Crippen LogP contribution in [0.4, 0.5) is 0 Å². The highest BCUT2D eigenvalue weighted by Crippen LogP contribution is 2.33. The van der Waals surface area contributed by atoms with Crippen LogP contribution in [0.15, 0.2) is 24.3 Å². The molecule has 28 heavy (non-hydrogen) atoms. The molecular formula is C22H33NO5. The average Bonchev–Trinajstić information content (AvgIpc) is 2.68. The number of amides is 1. The second kappa shape index (κ2) is 10.5. The van der Waals surface area contributed by atoms with Crippen LogP contribution in [0.25, 0.3) is 0 Å². The number of aliphatic hydroxyl groups excluding tert-OH is 1. The third-order valence-corrected chi connectivity index (χ3v) is 5.71. The van der Waals surface area contributed by atoms with Crippen LogP contribution < -0.4 is 5.32 Å². The number of phenolic OH excluding ortho intramolecular Hbond substituents is 1. The lowest BCUT2D eigenvalue weighted by Crippen LogP contribution is -2.50. The molecule has 0 saturated heterocycles. The summed E-state index contributed by atoms with van der Waals surface area (Å²) >= 11 is 0. The van der Waals surface area contributed by atoms with Crippen molar-refractivity contribution in [3.05, 3.63) is 29.8 Å². The Morgan fingerprint density at radius 3 is 2.29 bits per heavy atom. The van der Waals surface area contributed by atoms with Crippen molar-refractivity contribution in [2.24, 2.45) is 17.8 Å². The van der Waals surface area contributed by atoms with Crippen molar-refractivity contribution in [3.63, 3.8) is 0 Å². The predicted molar refractivity (Wildman–Crippen MR) is 107 cm³/mol. The molecule has 1 aliphatic carbocycles. The van der Waals surface area contributed by atoms with Crippen LogP contribution >= 0.6 is 0 Å². The summed E-state index contributed by atoms with van der Waals surface area (Å²) in [6, 6.07) is 5.72. The van der Waals surface area contributed by atoms with Crippen LogP contribution in [0, 0.1) is 17.8 Å². The number of nitrogens with one attached hydrogen (secondary N) is 1. The molecule has 3 N–H and O–H groups in total. The largest absolute Gasteiger partial charge is 0.508 e. The van der Waals surface area contributed by atoms with Gasteiger partial charge in [0.2, 0.25) is 5.91 Å². The van der Waals surface area contributed by atoms with Gasteiger partial charge in [0.05, 0.1) is 12.6 Å². The minimum absolute atomic E-state index is 0.0910. The maximum atomic E-state index is 12.8.